The second-order valence-corrected chi connectivity index (χ2v) is 6.27. The fourth-order valence-electron chi connectivity index (χ4n) is 2.86. The summed E-state index contributed by atoms with van der Waals surface area (Å²) in [6.07, 6.45) is 2.32. The van der Waals surface area contributed by atoms with Crippen molar-refractivity contribution in [3.05, 3.63) is 0 Å². The zero-order valence-corrected chi connectivity index (χ0v) is 11.4. The van der Waals surface area contributed by atoms with Gasteiger partial charge in [0, 0.05) is 25.2 Å². The van der Waals surface area contributed by atoms with Crippen LogP contribution in [-0.2, 0) is 4.74 Å². The SMILES string of the molecule is CC1CN(C(=O)OC(C)(C)C)CC2CCCN12. The zero-order chi connectivity index (χ0) is 12.6. The van der Waals surface area contributed by atoms with Crippen LogP contribution in [0.1, 0.15) is 40.5 Å². The molecule has 0 radical (unpaired) electrons. The summed E-state index contributed by atoms with van der Waals surface area (Å²) in [5.41, 5.74) is -0.396. The molecule has 0 aromatic rings. The highest BCUT2D eigenvalue weighted by Gasteiger charge is 2.37. The van der Waals surface area contributed by atoms with Crippen LogP contribution in [-0.4, -0.2) is 53.2 Å². The van der Waals surface area contributed by atoms with Crippen molar-refractivity contribution >= 4 is 6.09 Å². The van der Waals surface area contributed by atoms with Crippen LogP contribution in [0.15, 0.2) is 0 Å². The van der Waals surface area contributed by atoms with Crippen molar-refractivity contribution in [2.45, 2.75) is 58.2 Å². The van der Waals surface area contributed by atoms with Crippen LogP contribution in [0.25, 0.3) is 0 Å². The predicted molar refractivity (Wildman–Crippen MR) is 67.0 cm³/mol. The summed E-state index contributed by atoms with van der Waals surface area (Å²) in [6.45, 7) is 10.8. The maximum absolute atomic E-state index is 12.0. The van der Waals surface area contributed by atoms with Gasteiger partial charge in [0.15, 0.2) is 0 Å². The fraction of sp³-hybridized carbons (Fsp3) is 0.923. The third-order valence-corrected chi connectivity index (χ3v) is 3.56. The topological polar surface area (TPSA) is 32.8 Å². The summed E-state index contributed by atoms with van der Waals surface area (Å²) in [4.78, 5) is 16.4. The average Bonchev–Trinajstić information content (AvgIpc) is 2.63. The van der Waals surface area contributed by atoms with Crippen molar-refractivity contribution < 1.29 is 9.53 Å². The van der Waals surface area contributed by atoms with E-state index in [-0.39, 0.29) is 6.09 Å². The van der Waals surface area contributed by atoms with Crippen molar-refractivity contribution in [1.82, 2.24) is 9.80 Å². The molecular formula is C13H24N2O2. The summed E-state index contributed by atoms with van der Waals surface area (Å²) < 4.78 is 5.44. The van der Waals surface area contributed by atoms with E-state index in [2.05, 4.69) is 11.8 Å². The molecule has 98 valence electrons. The Hall–Kier alpha value is -0.770. The van der Waals surface area contributed by atoms with Gasteiger partial charge in [0.05, 0.1) is 0 Å². The van der Waals surface area contributed by atoms with E-state index in [9.17, 15) is 4.79 Å². The molecule has 0 aromatic carbocycles. The Morgan fingerprint density at radius 3 is 2.65 bits per heavy atom. The quantitative estimate of drug-likeness (QED) is 0.650. The lowest BCUT2D eigenvalue weighted by atomic mass is 10.1. The first-order chi connectivity index (χ1) is 7.87. The molecule has 0 aromatic heterocycles. The number of fused-ring (bicyclic) bond motifs is 1. The molecule has 2 fully saturated rings. The largest absolute Gasteiger partial charge is 0.444 e. The van der Waals surface area contributed by atoms with Crippen molar-refractivity contribution in [2.75, 3.05) is 19.6 Å². The third-order valence-electron chi connectivity index (χ3n) is 3.56. The van der Waals surface area contributed by atoms with Crippen molar-refractivity contribution in [1.29, 1.82) is 0 Å². The van der Waals surface area contributed by atoms with Crippen LogP contribution in [0, 0.1) is 0 Å². The van der Waals surface area contributed by atoms with E-state index in [1.807, 2.05) is 25.7 Å². The highest BCUT2D eigenvalue weighted by atomic mass is 16.6. The Kier molecular flexibility index (Phi) is 3.34. The van der Waals surface area contributed by atoms with Gasteiger partial charge in [-0.1, -0.05) is 0 Å². The lowest BCUT2D eigenvalue weighted by Gasteiger charge is -2.42. The maximum Gasteiger partial charge on any atom is 0.410 e. The molecule has 2 unspecified atom stereocenters. The van der Waals surface area contributed by atoms with Gasteiger partial charge in [0.25, 0.3) is 0 Å². The highest BCUT2D eigenvalue weighted by Crippen LogP contribution is 2.26. The van der Waals surface area contributed by atoms with E-state index >= 15 is 0 Å². The Bertz CT molecular complexity index is 298. The molecule has 0 bridgehead atoms. The van der Waals surface area contributed by atoms with Crippen LogP contribution in [0.5, 0.6) is 0 Å². The number of carbonyl (C=O) groups excluding carboxylic acids is 1. The monoisotopic (exact) mass is 240 g/mol. The van der Waals surface area contributed by atoms with Crippen LogP contribution in [0.3, 0.4) is 0 Å². The molecule has 17 heavy (non-hydrogen) atoms. The predicted octanol–water partition coefficient (Wildman–Crippen LogP) is 2.09. The number of ether oxygens (including phenoxy) is 1. The third kappa shape index (κ3) is 2.92. The number of hydrogen-bond donors (Lipinski definition) is 0. The molecule has 1 amide bonds. The first-order valence-electron chi connectivity index (χ1n) is 6.60. The van der Waals surface area contributed by atoms with Crippen LogP contribution < -0.4 is 0 Å². The molecule has 0 N–H and O–H groups in total. The van der Waals surface area contributed by atoms with E-state index in [1.165, 1.54) is 19.4 Å². The van der Waals surface area contributed by atoms with Gasteiger partial charge in [0.2, 0.25) is 0 Å². The smallest absolute Gasteiger partial charge is 0.410 e. The van der Waals surface area contributed by atoms with Gasteiger partial charge in [-0.15, -0.1) is 0 Å². The van der Waals surface area contributed by atoms with E-state index in [4.69, 9.17) is 4.74 Å². The second kappa shape index (κ2) is 4.48. The standard InChI is InChI=1S/C13H24N2O2/c1-10-8-14(12(16)17-13(2,3)4)9-11-6-5-7-15(10)11/h10-11H,5-9H2,1-4H3. The molecule has 4 nitrogen and oxygen atoms in total. The van der Waals surface area contributed by atoms with Crippen LogP contribution in [0.2, 0.25) is 0 Å². The van der Waals surface area contributed by atoms with Crippen molar-refractivity contribution in [3.63, 3.8) is 0 Å². The van der Waals surface area contributed by atoms with Gasteiger partial charge in [-0.05, 0) is 47.1 Å². The molecule has 0 spiro atoms. The van der Waals surface area contributed by atoms with E-state index in [1.54, 1.807) is 0 Å². The lowest BCUT2D eigenvalue weighted by Crippen LogP contribution is -2.57. The van der Waals surface area contributed by atoms with Crippen molar-refractivity contribution in [3.8, 4) is 0 Å². The summed E-state index contributed by atoms with van der Waals surface area (Å²) >= 11 is 0. The Labute approximate surface area is 104 Å². The van der Waals surface area contributed by atoms with E-state index < -0.39 is 5.60 Å². The summed E-state index contributed by atoms with van der Waals surface area (Å²) in [6, 6.07) is 1.01. The van der Waals surface area contributed by atoms with Gasteiger partial charge in [-0.3, -0.25) is 4.90 Å². The van der Waals surface area contributed by atoms with E-state index in [0.717, 1.165) is 13.1 Å². The number of amides is 1. The Morgan fingerprint density at radius 2 is 2.00 bits per heavy atom. The average molecular weight is 240 g/mol. The van der Waals surface area contributed by atoms with Crippen molar-refractivity contribution in [2.24, 2.45) is 0 Å². The molecule has 0 saturated carbocycles. The van der Waals surface area contributed by atoms with E-state index in [0.29, 0.717) is 12.1 Å². The normalized spacial score (nSPS) is 30.2. The molecule has 2 rings (SSSR count). The zero-order valence-electron chi connectivity index (χ0n) is 11.4. The second-order valence-electron chi connectivity index (χ2n) is 6.27. The summed E-state index contributed by atoms with van der Waals surface area (Å²) in [7, 11) is 0. The minimum absolute atomic E-state index is 0.157. The Morgan fingerprint density at radius 1 is 1.29 bits per heavy atom. The van der Waals surface area contributed by atoms with Crippen LogP contribution >= 0.6 is 0 Å². The Balaban J connectivity index is 1.96. The van der Waals surface area contributed by atoms with Gasteiger partial charge in [0.1, 0.15) is 5.60 Å². The maximum atomic E-state index is 12.0. The molecule has 2 heterocycles. The first-order valence-corrected chi connectivity index (χ1v) is 6.60. The molecule has 2 aliphatic rings. The number of nitrogens with zero attached hydrogens (tertiary/aromatic N) is 2. The highest BCUT2D eigenvalue weighted by molar-refractivity contribution is 5.68. The number of rotatable bonds is 0. The molecule has 2 saturated heterocycles. The number of hydrogen-bond acceptors (Lipinski definition) is 3. The van der Waals surface area contributed by atoms with Gasteiger partial charge in [-0.25, -0.2) is 4.79 Å². The number of piperazine rings is 1. The van der Waals surface area contributed by atoms with Gasteiger partial charge in [-0.2, -0.15) is 0 Å². The van der Waals surface area contributed by atoms with Gasteiger partial charge < -0.3 is 9.64 Å². The molecular weight excluding hydrogens is 216 g/mol. The van der Waals surface area contributed by atoms with Gasteiger partial charge >= 0.3 is 6.09 Å². The summed E-state index contributed by atoms with van der Waals surface area (Å²) in [5.74, 6) is 0. The first kappa shape index (κ1) is 12.7. The molecule has 2 aliphatic heterocycles. The fourth-order valence-corrected chi connectivity index (χ4v) is 2.86. The number of carbonyl (C=O) groups is 1. The molecule has 4 heteroatoms. The molecule has 0 aliphatic carbocycles. The molecule has 2 atom stereocenters. The minimum Gasteiger partial charge on any atom is -0.444 e. The lowest BCUT2D eigenvalue weighted by molar-refractivity contribution is -0.00159. The summed E-state index contributed by atoms with van der Waals surface area (Å²) in [5, 5.41) is 0. The minimum atomic E-state index is -0.396. The van der Waals surface area contributed by atoms with Crippen LogP contribution in [0.4, 0.5) is 4.79 Å².